The average molecular weight is 437 g/mol. The summed E-state index contributed by atoms with van der Waals surface area (Å²) in [4.78, 5) is 0. The van der Waals surface area contributed by atoms with Gasteiger partial charge < -0.3 is 0 Å². The summed E-state index contributed by atoms with van der Waals surface area (Å²) in [6.45, 7) is 0. The van der Waals surface area contributed by atoms with Crippen LogP contribution in [0.15, 0.2) is 0 Å². The van der Waals surface area contributed by atoms with E-state index in [1.165, 1.54) is 0 Å². The molecule has 0 aliphatic carbocycles. The minimum absolute atomic E-state index is 0. The van der Waals surface area contributed by atoms with Crippen LogP contribution in [-0.2, 0) is 17.1 Å². The van der Waals surface area contributed by atoms with Gasteiger partial charge in [-0.2, -0.15) is 0 Å². The maximum Gasteiger partial charge on any atom is 0 e. The van der Waals surface area contributed by atoms with E-state index >= 15 is 0 Å². The third-order valence-corrected chi connectivity index (χ3v) is 0. The number of rotatable bonds is 0. The second kappa shape index (κ2) is 16.2. The molecule has 0 amide bonds. The van der Waals surface area contributed by atoms with E-state index in [1.807, 2.05) is 0 Å². The molecule has 0 heterocycles. The molecule has 0 aromatic carbocycles. The molecule has 0 fully saturated rings. The molecular weight excluding hydrogens is 431 g/mol. The molecule has 0 aromatic heterocycles. The maximum atomic E-state index is 0. The van der Waals surface area contributed by atoms with Crippen LogP contribution in [0.2, 0.25) is 0 Å². The van der Waals surface area contributed by atoms with Gasteiger partial charge in [0.25, 0.3) is 0 Å². The molecule has 0 nitrogen and oxygen atoms in total. The average Bonchev–Trinajstić information content (AvgIpc) is 0. The van der Waals surface area contributed by atoms with E-state index in [2.05, 4.69) is 0 Å². The first-order valence-electron chi connectivity index (χ1n) is 0. The third-order valence-electron chi connectivity index (χ3n) is 0. The van der Waals surface area contributed by atoms with Crippen molar-refractivity contribution in [2.75, 3.05) is 0 Å². The summed E-state index contributed by atoms with van der Waals surface area (Å²) < 4.78 is 0. The largest absolute Gasteiger partial charge is 0 e. The van der Waals surface area contributed by atoms with Gasteiger partial charge in [-0.05, 0) is 0 Å². The first kappa shape index (κ1) is 26.6. The van der Waals surface area contributed by atoms with Crippen molar-refractivity contribution in [3.05, 3.63) is 0 Å². The Morgan fingerprint density at radius 1 is 1.00 bits per heavy atom. The van der Waals surface area contributed by atoms with Gasteiger partial charge in [-0.25, -0.2) is 0 Å². The fourth-order valence-electron chi connectivity index (χ4n) is 0. The standard InChI is InChI=1S/Al.Bi.Ce.Mn.6H. The van der Waals surface area contributed by atoms with Gasteiger partial charge in [-0.15, -0.1) is 0 Å². The Morgan fingerprint density at radius 2 is 1.00 bits per heavy atom. The predicted octanol–water partition coefficient (Wildman–Crippen LogP) is -2.37. The number of hydrogen-bond acceptors (Lipinski definition) is 0. The van der Waals surface area contributed by atoms with Crippen LogP contribution in [0.5, 0.6) is 0 Å². The predicted molar refractivity (Wildman–Crippen MR) is 19.9 cm³/mol. The first-order valence-corrected chi connectivity index (χ1v) is 0. The van der Waals surface area contributed by atoms with Crippen LogP contribution in [0.25, 0.3) is 0 Å². The topological polar surface area (TPSA) is 0 Å². The summed E-state index contributed by atoms with van der Waals surface area (Å²) in [5.41, 5.74) is 0. The second-order valence-corrected chi connectivity index (χ2v) is 0. The molecule has 0 aliphatic rings. The molecule has 25 valence electrons. The zero-order valence-corrected chi connectivity index (χ0v) is 11.4. The van der Waals surface area contributed by atoms with E-state index in [0.717, 1.165) is 0 Å². The Bertz CT molecular complexity index is 8.00. The van der Waals surface area contributed by atoms with Crippen LogP contribution >= 0.6 is 0 Å². The van der Waals surface area contributed by atoms with E-state index in [4.69, 9.17) is 0 Å². The molecular formula is H6AlBiCeMn. The van der Waals surface area contributed by atoms with Gasteiger partial charge in [-0.3, -0.25) is 0 Å². The molecule has 0 rings (SSSR count). The van der Waals surface area contributed by atoms with Crippen molar-refractivity contribution in [1.29, 1.82) is 0 Å². The van der Waals surface area contributed by atoms with E-state index in [9.17, 15) is 0 Å². The van der Waals surface area contributed by atoms with Crippen LogP contribution in [0, 0.1) is 41.7 Å². The molecule has 0 spiro atoms. The van der Waals surface area contributed by atoms with E-state index in [0.29, 0.717) is 0 Å². The van der Waals surface area contributed by atoms with Crippen molar-refractivity contribution in [1.82, 2.24) is 0 Å². The first-order chi connectivity index (χ1) is 0. The van der Waals surface area contributed by atoms with Gasteiger partial charge in [0.05, 0.1) is 0 Å². The maximum absolute atomic E-state index is 0. The molecule has 0 aliphatic heterocycles. The van der Waals surface area contributed by atoms with Crippen LogP contribution in [0.4, 0.5) is 0 Å². The Kier molecular flexibility index (Phi) is 108. The van der Waals surface area contributed by atoms with Crippen LogP contribution in [0.1, 0.15) is 0 Å². The summed E-state index contributed by atoms with van der Waals surface area (Å²) in [5.74, 6) is 0. The van der Waals surface area contributed by atoms with Crippen molar-refractivity contribution in [2.24, 2.45) is 0 Å². The van der Waals surface area contributed by atoms with Crippen LogP contribution < -0.4 is 0 Å². The summed E-state index contributed by atoms with van der Waals surface area (Å²) in [6.07, 6.45) is 0. The number of hydrogen-bond donors (Lipinski definition) is 0. The molecule has 0 saturated carbocycles. The van der Waals surface area contributed by atoms with Crippen molar-refractivity contribution >= 4 is 43.6 Å². The van der Waals surface area contributed by atoms with Crippen LogP contribution in [-0.4, -0.2) is 43.6 Å². The summed E-state index contributed by atoms with van der Waals surface area (Å²) in [7, 11) is 0. The third kappa shape index (κ3) is 9.00. The monoisotopic (exact) mass is 437 g/mol. The van der Waals surface area contributed by atoms with E-state index in [-0.39, 0.29) is 102 Å². The quantitative estimate of drug-likeness (QED) is 0.372. The van der Waals surface area contributed by atoms with Crippen LogP contribution in [0.3, 0.4) is 0 Å². The summed E-state index contributed by atoms with van der Waals surface area (Å²) >= 11 is 0. The van der Waals surface area contributed by atoms with Crippen molar-refractivity contribution in [2.45, 2.75) is 0 Å². The van der Waals surface area contributed by atoms with Gasteiger partial charge in [0.15, 0.2) is 17.4 Å². The smallest absolute Gasteiger partial charge is 0 e. The fraction of sp³-hybridized carbons (Fsp3) is 0. The minimum Gasteiger partial charge on any atom is 0 e. The molecule has 4 heteroatoms. The molecule has 0 N–H and O–H groups in total. The summed E-state index contributed by atoms with van der Waals surface area (Å²) in [6, 6.07) is 0. The van der Waals surface area contributed by atoms with E-state index in [1.54, 1.807) is 0 Å². The van der Waals surface area contributed by atoms with Gasteiger partial charge in [0.1, 0.15) is 0 Å². The SMILES string of the molecule is [AlH3].[BiH3].[Ce].[Mn]. The fourth-order valence-corrected chi connectivity index (χ4v) is 0. The molecule has 1 radical (unpaired) electrons. The molecule has 0 atom stereocenters. The molecule has 0 aromatic rings. The zero-order valence-electron chi connectivity index (χ0n) is 1.59. The Morgan fingerprint density at radius 3 is 1.00 bits per heavy atom. The molecule has 0 unspecified atom stereocenters. The van der Waals surface area contributed by atoms with Gasteiger partial charge in [-0.1, -0.05) is 0 Å². The Labute approximate surface area is 100.0 Å². The van der Waals surface area contributed by atoms with Crippen molar-refractivity contribution in [3.8, 4) is 0 Å². The molecule has 4 heavy (non-hydrogen) atoms. The second-order valence-electron chi connectivity index (χ2n) is 0. The van der Waals surface area contributed by atoms with Gasteiger partial charge >= 0.3 is 26.2 Å². The van der Waals surface area contributed by atoms with Crippen molar-refractivity contribution in [3.63, 3.8) is 0 Å². The van der Waals surface area contributed by atoms with Gasteiger partial charge in [0, 0.05) is 58.8 Å². The van der Waals surface area contributed by atoms with Gasteiger partial charge in [0.2, 0.25) is 0 Å². The Hall–Kier alpha value is 3.31. The van der Waals surface area contributed by atoms with Crippen molar-refractivity contribution < 1.29 is 58.8 Å². The zero-order chi connectivity index (χ0) is 0. The normalized spacial score (nSPS) is 0. The summed E-state index contributed by atoms with van der Waals surface area (Å²) in [5, 5.41) is 0. The van der Waals surface area contributed by atoms with E-state index < -0.39 is 0 Å². The minimum atomic E-state index is 0. The Balaban J connectivity index is 0. The molecule has 0 saturated heterocycles. The molecule has 0 bridgehead atoms.